The molecule has 0 bridgehead atoms. The number of carbonyl (C=O) groups is 1. The van der Waals surface area contributed by atoms with Crippen molar-refractivity contribution in [3.63, 3.8) is 0 Å². The third-order valence-corrected chi connectivity index (χ3v) is 5.16. The maximum Gasteiger partial charge on any atom is 0.274 e. The van der Waals surface area contributed by atoms with Gasteiger partial charge < -0.3 is 5.32 Å². The maximum atomic E-state index is 12.4. The summed E-state index contributed by atoms with van der Waals surface area (Å²) in [7, 11) is 1.71. The minimum atomic E-state index is -0.273. The molecule has 0 atom stereocenters. The highest BCUT2D eigenvalue weighted by molar-refractivity contribution is 7.15. The summed E-state index contributed by atoms with van der Waals surface area (Å²) in [6.45, 7) is 2.18. The van der Waals surface area contributed by atoms with Crippen molar-refractivity contribution in [1.82, 2.24) is 9.78 Å². The van der Waals surface area contributed by atoms with E-state index in [9.17, 15) is 10.1 Å². The number of nitriles is 1. The SMILES string of the molecule is CCCCc1ccc(-c2csc(NC(=O)c3ccnn3C)c2C#N)cc1. The van der Waals surface area contributed by atoms with E-state index in [1.54, 1.807) is 19.3 Å². The Hall–Kier alpha value is -2.91. The standard InChI is InChI=1S/C20H20N4OS/c1-3-4-5-14-6-8-15(9-7-14)17-13-26-20(16(17)12-21)23-19(25)18-10-11-22-24(18)2/h6-11,13H,3-5H2,1-2H3,(H,23,25). The molecule has 0 fully saturated rings. The second-order valence-corrected chi connectivity index (χ2v) is 6.94. The average Bonchev–Trinajstić information content (AvgIpc) is 3.26. The number of thiophene rings is 1. The summed E-state index contributed by atoms with van der Waals surface area (Å²) in [5.74, 6) is -0.273. The number of rotatable bonds is 6. The lowest BCUT2D eigenvalue weighted by molar-refractivity contribution is 0.101. The number of nitrogens with zero attached hydrogens (tertiary/aromatic N) is 3. The Morgan fingerprint density at radius 3 is 2.69 bits per heavy atom. The molecule has 132 valence electrons. The summed E-state index contributed by atoms with van der Waals surface area (Å²) in [6, 6.07) is 12.2. The normalized spacial score (nSPS) is 10.5. The van der Waals surface area contributed by atoms with Crippen LogP contribution in [-0.2, 0) is 13.5 Å². The van der Waals surface area contributed by atoms with Gasteiger partial charge in [0.05, 0.1) is 5.56 Å². The number of amides is 1. The molecule has 0 saturated heterocycles. The average molecular weight is 364 g/mol. The molecule has 26 heavy (non-hydrogen) atoms. The van der Waals surface area contributed by atoms with Crippen molar-refractivity contribution in [2.75, 3.05) is 5.32 Å². The van der Waals surface area contributed by atoms with Gasteiger partial charge in [0.2, 0.25) is 0 Å². The Labute approximate surface area is 156 Å². The molecule has 3 aromatic rings. The van der Waals surface area contributed by atoms with Crippen LogP contribution in [0, 0.1) is 11.3 Å². The molecule has 6 heteroatoms. The molecule has 0 radical (unpaired) electrons. The molecule has 1 N–H and O–H groups in total. The largest absolute Gasteiger partial charge is 0.311 e. The number of aromatic nitrogens is 2. The molecular weight excluding hydrogens is 344 g/mol. The first-order valence-corrected chi connectivity index (χ1v) is 9.42. The van der Waals surface area contributed by atoms with E-state index >= 15 is 0 Å². The molecule has 0 aliphatic rings. The molecule has 0 spiro atoms. The first-order valence-electron chi connectivity index (χ1n) is 8.54. The summed E-state index contributed by atoms with van der Waals surface area (Å²) in [6.07, 6.45) is 4.98. The van der Waals surface area contributed by atoms with Crippen LogP contribution in [-0.4, -0.2) is 15.7 Å². The Morgan fingerprint density at radius 2 is 2.08 bits per heavy atom. The Balaban J connectivity index is 1.83. The molecule has 5 nitrogen and oxygen atoms in total. The van der Waals surface area contributed by atoms with E-state index in [0.717, 1.165) is 17.5 Å². The van der Waals surface area contributed by atoms with E-state index in [0.29, 0.717) is 16.3 Å². The van der Waals surface area contributed by atoms with Gasteiger partial charge in [-0.25, -0.2) is 0 Å². The molecular formula is C20H20N4OS. The van der Waals surface area contributed by atoms with E-state index in [1.807, 2.05) is 17.5 Å². The van der Waals surface area contributed by atoms with Crippen LogP contribution in [0.3, 0.4) is 0 Å². The lowest BCUT2D eigenvalue weighted by Gasteiger charge is -2.05. The van der Waals surface area contributed by atoms with Crippen LogP contribution in [0.1, 0.15) is 41.4 Å². The van der Waals surface area contributed by atoms with Gasteiger partial charge in [-0.15, -0.1) is 11.3 Å². The van der Waals surface area contributed by atoms with Crippen molar-refractivity contribution in [3.8, 4) is 17.2 Å². The number of unbranched alkanes of at least 4 members (excludes halogenated alkanes) is 1. The van der Waals surface area contributed by atoms with Crippen LogP contribution >= 0.6 is 11.3 Å². The fourth-order valence-corrected chi connectivity index (χ4v) is 3.68. The molecule has 0 aliphatic carbocycles. The van der Waals surface area contributed by atoms with Crippen LogP contribution in [0.25, 0.3) is 11.1 Å². The van der Waals surface area contributed by atoms with E-state index in [2.05, 4.69) is 35.5 Å². The number of aryl methyl sites for hydroxylation is 2. The van der Waals surface area contributed by atoms with Crippen molar-refractivity contribution >= 4 is 22.2 Å². The van der Waals surface area contributed by atoms with Crippen LogP contribution in [0.4, 0.5) is 5.00 Å². The van der Waals surface area contributed by atoms with Gasteiger partial charge >= 0.3 is 0 Å². The minimum absolute atomic E-state index is 0.273. The maximum absolute atomic E-state index is 12.4. The Bertz CT molecular complexity index is 947. The summed E-state index contributed by atoms with van der Waals surface area (Å²) < 4.78 is 1.50. The number of hydrogen-bond acceptors (Lipinski definition) is 4. The number of carbonyl (C=O) groups excluding carboxylic acids is 1. The van der Waals surface area contributed by atoms with E-state index < -0.39 is 0 Å². The zero-order valence-corrected chi connectivity index (χ0v) is 15.6. The van der Waals surface area contributed by atoms with Crippen LogP contribution < -0.4 is 5.32 Å². The zero-order valence-electron chi connectivity index (χ0n) is 14.8. The number of hydrogen-bond donors (Lipinski definition) is 1. The minimum Gasteiger partial charge on any atom is -0.311 e. The van der Waals surface area contributed by atoms with Crippen LogP contribution in [0.15, 0.2) is 41.9 Å². The first kappa shape index (κ1) is 17.9. The number of anilines is 1. The second-order valence-electron chi connectivity index (χ2n) is 6.06. The second kappa shape index (κ2) is 7.98. The summed E-state index contributed by atoms with van der Waals surface area (Å²) >= 11 is 1.36. The van der Waals surface area contributed by atoms with Crippen LogP contribution in [0.2, 0.25) is 0 Å². The van der Waals surface area contributed by atoms with Crippen molar-refractivity contribution in [2.45, 2.75) is 26.2 Å². The van der Waals surface area contributed by atoms with Gasteiger partial charge in [-0.2, -0.15) is 10.4 Å². The Morgan fingerprint density at radius 1 is 1.31 bits per heavy atom. The third kappa shape index (κ3) is 3.68. The molecule has 2 aromatic heterocycles. The highest BCUT2D eigenvalue weighted by atomic mass is 32.1. The van der Waals surface area contributed by atoms with Crippen molar-refractivity contribution in [1.29, 1.82) is 5.26 Å². The fraction of sp³-hybridized carbons (Fsp3) is 0.250. The first-order chi connectivity index (χ1) is 12.6. The number of benzene rings is 1. The molecule has 2 heterocycles. The van der Waals surface area contributed by atoms with Gasteiger partial charge in [-0.05, 0) is 30.0 Å². The van der Waals surface area contributed by atoms with Gasteiger partial charge in [0, 0.05) is 24.2 Å². The van der Waals surface area contributed by atoms with Gasteiger partial charge in [0.1, 0.15) is 16.8 Å². The van der Waals surface area contributed by atoms with Crippen LogP contribution in [0.5, 0.6) is 0 Å². The monoisotopic (exact) mass is 364 g/mol. The number of nitrogens with one attached hydrogen (secondary N) is 1. The Kier molecular flexibility index (Phi) is 5.49. The molecule has 1 amide bonds. The predicted octanol–water partition coefficient (Wildman–Crippen LogP) is 4.62. The fourth-order valence-electron chi connectivity index (χ4n) is 2.77. The van der Waals surface area contributed by atoms with E-state index in [-0.39, 0.29) is 5.91 Å². The smallest absolute Gasteiger partial charge is 0.274 e. The summed E-state index contributed by atoms with van der Waals surface area (Å²) in [4.78, 5) is 12.4. The predicted molar refractivity (Wildman–Crippen MR) is 104 cm³/mol. The molecule has 0 saturated carbocycles. The highest BCUT2D eigenvalue weighted by Crippen LogP contribution is 2.35. The summed E-state index contributed by atoms with van der Waals surface area (Å²) in [5.41, 5.74) is 4.07. The summed E-state index contributed by atoms with van der Waals surface area (Å²) in [5, 5.41) is 18.9. The van der Waals surface area contributed by atoms with Crippen molar-refractivity contribution in [2.24, 2.45) is 7.05 Å². The van der Waals surface area contributed by atoms with Crippen molar-refractivity contribution in [3.05, 3.63) is 58.7 Å². The van der Waals surface area contributed by atoms with E-state index in [1.165, 1.54) is 34.4 Å². The third-order valence-electron chi connectivity index (χ3n) is 4.27. The lowest BCUT2D eigenvalue weighted by Crippen LogP contribution is -2.15. The van der Waals surface area contributed by atoms with Gasteiger partial charge in [0.15, 0.2) is 0 Å². The van der Waals surface area contributed by atoms with Gasteiger partial charge in [-0.1, -0.05) is 37.6 Å². The van der Waals surface area contributed by atoms with Gasteiger partial charge in [0.25, 0.3) is 5.91 Å². The molecule has 3 rings (SSSR count). The topological polar surface area (TPSA) is 70.7 Å². The molecule has 0 aliphatic heterocycles. The molecule has 0 unspecified atom stereocenters. The van der Waals surface area contributed by atoms with Gasteiger partial charge in [-0.3, -0.25) is 9.48 Å². The quantitative estimate of drug-likeness (QED) is 0.694. The van der Waals surface area contributed by atoms with Crippen molar-refractivity contribution < 1.29 is 4.79 Å². The lowest BCUT2D eigenvalue weighted by atomic mass is 10.0. The molecule has 1 aromatic carbocycles. The highest BCUT2D eigenvalue weighted by Gasteiger charge is 2.17. The van der Waals surface area contributed by atoms with E-state index in [4.69, 9.17) is 0 Å². The zero-order chi connectivity index (χ0) is 18.5.